The van der Waals surface area contributed by atoms with Crippen molar-refractivity contribution in [1.82, 2.24) is 24.2 Å². The number of piperazine rings is 1. The number of hydrogen-bond donors (Lipinski definition) is 0. The third kappa shape index (κ3) is 4.00. The lowest BCUT2D eigenvalue weighted by Gasteiger charge is -2.38. The molecule has 7 heteroatoms. The average Bonchev–Trinajstić information content (AvgIpc) is 3.14. The first kappa shape index (κ1) is 21.7. The Balaban J connectivity index is 1.40. The fourth-order valence-electron chi connectivity index (χ4n) is 5.26. The largest absolute Gasteiger partial charge is 0.355 e. The molecular formula is C25H33ClN6. The van der Waals surface area contributed by atoms with Crippen LogP contribution < -0.4 is 4.90 Å². The second-order valence-corrected chi connectivity index (χ2v) is 9.77. The Bertz CT molecular complexity index is 1090. The van der Waals surface area contributed by atoms with Crippen LogP contribution in [-0.4, -0.2) is 63.4 Å². The predicted octanol–water partition coefficient (Wildman–Crippen LogP) is 4.42. The van der Waals surface area contributed by atoms with E-state index in [1.807, 2.05) is 12.3 Å². The van der Waals surface area contributed by atoms with Crippen LogP contribution >= 0.6 is 11.6 Å². The lowest BCUT2D eigenvalue weighted by atomic mass is 9.91. The summed E-state index contributed by atoms with van der Waals surface area (Å²) in [5.41, 5.74) is 4.44. The zero-order valence-corrected chi connectivity index (χ0v) is 20.1. The van der Waals surface area contributed by atoms with Gasteiger partial charge in [-0.3, -0.25) is 19.2 Å². The Hall–Kier alpha value is -2.15. The molecule has 170 valence electrons. The molecule has 1 atom stereocenters. The second kappa shape index (κ2) is 9.00. The number of halogens is 1. The van der Waals surface area contributed by atoms with Crippen molar-refractivity contribution in [2.24, 2.45) is 0 Å². The van der Waals surface area contributed by atoms with Gasteiger partial charge in [0.25, 0.3) is 0 Å². The summed E-state index contributed by atoms with van der Waals surface area (Å²) in [4.78, 5) is 17.0. The number of aromatic nitrogens is 3. The summed E-state index contributed by atoms with van der Waals surface area (Å²) in [5, 5.41) is 0.728. The Kier molecular flexibility index (Phi) is 6.10. The maximum atomic E-state index is 6.96. The predicted molar refractivity (Wildman–Crippen MR) is 131 cm³/mol. The van der Waals surface area contributed by atoms with Gasteiger partial charge in [0.1, 0.15) is 16.6 Å². The summed E-state index contributed by atoms with van der Waals surface area (Å²) in [6, 6.07) is 11.5. The lowest BCUT2D eigenvalue weighted by molar-refractivity contribution is 0.206. The van der Waals surface area contributed by atoms with Crippen molar-refractivity contribution in [3.8, 4) is 0 Å². The standard InChI is InChI=1S/C25H33ClN6/c1-18(2)30-13-15-31(16-14-30)23-11-5-10-22-28-20(25(26)32(22)23)17-29(3)21-9-4-7-19-8-6-12-27-24(19)21/h5-6,8,10-12,18,21H,4,7,9,13-17H2,1-3H3. The van der Waals surface area contributed by atoms with Gasteiger partial charge in [0.2, 0.25) is 0 Å². The molecule has 0 radical (unpaired) electrons. The molecule has 1 saturated heterocycles. The molecule has 0 spiro atoms. The molecule has 4 heterocycles. The summed E-state index contributed by atoms with van der Waals surface area (Å²) < 4.78 is 2.13. The lowest BCUT2D eigenvalue weighted by Crippen LogP contribution is -2.49. The van der Waals surface area contributed by atoms with Crippen LogP contribution in [-0.2, 0) is 13.0 Å². The number of fused-ring (bicyclic) bond motifs is 2. The maximum absolute atomic E-state index is 6.96. The number of pyridine rings is 2. The van der Waals surface area contributed by atoms with Crippen molar-refractivity contribution in [2.75, 3.05) is 38.1 Å². The summed E-state index contributed by atoms with van der Waals surface area (Å²) in [5.74, 6) is 1.14. The van der Waals surface area contributed by atoms with Gasteiger partial charge in [0.15, 0.2) is 0 Å². The first-order valence-electron chi connectivity index (χ1n) is 11.8. The average molecular weight is 453 g/mol. The Morgan fingerprint density at radius 2 is 1.94 bits per heavy atom. The van der Waals surface area contributed by atoms with Gasteiger partial charge < -0.3 is 4.90 Å². The molecule has 0 aromatic carbocycles. The van der Waals surface area contributed by atoms with E-state index in [1.54, 1.807) is 0 Å². The zero-order valence-electron chi connectivity index (χ0n) is 19.3. The molecule has 5 rings (SSSR count). The van der Waals surface area contributed by atoms with E-state index in [9.17, 15) is 0 Å². The summed E-state index contributed by atoms with van der Waals surface area (Å²) in [6.45, 7) is 9.41. The smallest absolute Gasteiger partial charge is 0.139 e. The molecular weight excluding hydrogens is 420 g/mol. The van der Waals surface area contributed by atoms with Gasteiger partial charge >= 0.3 is 0 Å². The van der Waals surface area contributed by atoms with Crippen LogP contribution in [0.15, 0.2) is 36.5 Å². The normalized spacial score (nSPS) is 19.8. The van der Waals surface area contributed by atoms with E-state index in [-0.39, 0.29) is 0 Å². The van der Waals surface area contributed by atoms with E-state index in [2.05, 4.69) is 64.3 Å². The molecule has 1 aliphatic carbocycles. The highest BCUT2D eigenvalue weighted by atomic mass is 35.5. The van der Waals surface area contributed by atoms with Crippen LogP contribution in [0.3, 0.4) is 0 Å². The second-order valence-electron chi connectivity index (χ2n) is 9.41. The van der Waals surface area contributed by atoms with Crippen molar-refractivity contribution in [3.05, 3.63) is 58.6 Å². The van der Waals surface area contributed by atoms with Crippen LogP contribution in [0, 0.1) is 0 Å². The molecule has 0 bridgehead atoms. The molecule has 1 fully saturated rings. The van der Waals surface area contributed by atoms with Crippen LogP contribution in [0.2, 0.25) is 5.15 Å². The fraction of sp³-hybridized carbons (Fsp3) is 0.520. The first-order chi connectivity index (χ1) is 15.5. The van der Waals surface area contributed by atoms with Crippen molar-refractivity contribution in [1.29, 1.82) is 0 Å². The third-order valence-electron chi connectivity index (χ3n) is 7.10. The highest BCUT2D eigenvalue weighted by Gasteiger charge is 2.27. The van der Waals surface area contributed by atoms with Crippen LogP contribution in [0.1, 0.15) is 49.7 Å². The quantitative estimate of drug-likeness (QED) is 0.573. The molecule has 3 aromatic heterocycles. The van der Waals surface area contributed by atoms with E-state index >= 15 is 0 Å². The van der Waals surface area contributed by atoms with E-state index in [1.165, 1.54) is 17.7 Å². The molecule has 0 amide bonds. The Morgan fingerprint density at radius 3 is 2.72 bits per heavy atom. The highest BCUT2D eigenvalue weighted by molar-refractivity contribution is 6.30. The topological polar surface area (TPSA) is 39.9 Å². The van der Waals surface area contributed by atoms with Crippen molar-refractivity contribution in [2.45, 2.75) is 51.7 Å². The number of imidazole rings is 1. The van der Waals surface area contributed by atoms with E-state index in [4.69, 9.17) is 21.6 Å². The van der Waals surface area contributed by atoms with Crippen LogP contribution in [0.5, 0.6) is 0 Å². The fourth-order valence-corrected chi connectivity index (χ4v) is 5.54. The maximum Gasteiger partial charge on any atom is 0.139 e. The van der Waals surface area contributed by atoms with Gasteiger partial charge in [0, 0.05) is 45.0 Å². The van der Waals surface area contributed by atoms with Crippen LogP contribution in [0.4, 0.5) is 5.82 Å². The summed E-state index contributed by atoms with van der Waals surface area (Å²) in [7, 11) is 2.17. The van der Waals surface area contributed by atoms with Gasteiger partial charge in [-0.05, 0) is 63.9 Å². The minimum atomic E-state index is 0.310. The Morgan fingerprint density at radius 1 is 1.12 bits per heavy atom. The van der Waals surface area contributed by atoms with Gasteiger partial charge in [0.05, 0.1) is 17.4 Å². The third-order valence-corrected chi connectivity index (χ3v) is 7.49. The van der Waals surface area contributed by atoms with Crippen molar-refractivity contribution >= 4 is 23.1 Å². The van der Waals surface area contributed by atoms with E-state index in [0.717, 1.165) is 61.3 Å². The summed E-state index contributed by atoms with van der Waals surface area (Å²) in [6.07, 6.45) is 5.35. The molecule has 1 unspecified atom stereocenters. The molecule has 1 aliphatic heterocycles. The van der Waals surface area contributed by atoms with Crippen LogP contribution in [0.25, 0.3) is 5.65 Å². The zero-order chi connectivity index (χ0) is 22.2. The molecule has 3 aromatic rings. The van der Waals surface area contributed by atoms with Crippen molar-refractivity contribution < 1.29 is 0 Å². The monoisotopic (exact) mass is 452 g/mol. The first-order valence-corrected chi connectivity index (χ1v) is 12.2. The minimum Gasteiger partial charge on any atom is -0.355 e. The number of aryl methyl sites for hydroxylation is 1. The van der Waals surface area contributed by atoms with Gasteiger partial charge in [-0.25, -0.2) is 4.98 Å². The summed E-state index contributed by atoms with van der Waals surface area (Å²) >= 11 is 6.96. The Labute approximate surface area is 195 Å². The van der Waals surface area contributed by atoms with E-state index in [0.29, 0.717) is 18.6 Å². The molecule has 0 N–H and O–H groups in total. The van der Waals surface area contributed by atoms with Gasteiger partial charge in [-0.2, -0.15) is 0 Å². The molecule has 32 heavy (non-hydrogen) atoms. The number of anilines is 1. The SMILES string of the molecule is CC(C)N1CCN(c2cccc3nc(CN(C)C4CCCc5cccnc54)c(Cl)n23)CC1. The number of rotatable bonds is 5. The number of hydrogen-bond acceptors (Lipinski definition) is 5. The number of nitrogens with zero attached hydrogens (tertiary/aromatic N) is 6. The molecule has 2 aliphatic rings. The van der Waals surface area contributed by atoms with Crippen molar-refractivity contribution in [3.63, 3.8) is 0 Å². The minimum absolute atomic E-state index is 0.310. The van der Waals surface area contributed by atoms with Gasteiger partial charge in [-0.15, -0.1) is 0 Å². The van der Waals surface area contributed by atoms with Gasteiger partial charge in [-0.1, -0.05) is 23.7 Å². The highest BCUT2D eigenvalue weighted by Crippen LogP contribution is 2.34. The van der Waals surface area contributed by atoms with E-state index < -0.39 is 0 Å². The molecule has 6 nitrogen and oxygen atoms in total. The molecule has 0 saturated carbocycles.